The molecule has 1 heterocycles. The van der Waals surface area contributed by atoms with Crippen LogP contribution in [0.4, 0.5) is 11.4 Å². The molecule has 1 aliphatic rings. The molecule has 2 aromatic rings. The molecule has 31 heavy (non-hydrogen) atoms. The normalized spacial score (nSPS) is 14.9. The van der Waals surface area contributed by atoms with Gasteiger partial charge in [-0.25, -0.2) is 8.42 Å². The maximum atomic E-state index is 13.0. The molecule has 166 valence electrons. The molecule has 8 heteroatoms. The molecule has 0 saturated carbocycles. The maximum Gasteiger partial charge on any atom is 0.248 e. The fourth-order valence-corrected chi connectivity index (χ4v) is 4.96. The summed E-state index contributed by atoms with van der Waals surface area (Å²) < 4.78 is 32.8. The van der Waals surface area contributed by atoms with Crippen LogP contribution in [0.1, 0.15) is 19.4 Å². The van der Waals surface area contributed by atoms with Gasteiger partial charge in [-0.3, -0.25) is 4.79 Å². The Balaban J connectivity index is 1.92. The van der Waals surface area contributed by atoms with Crippen molar-refractivity contribution >= 4 is 33.4 Å². The molecule has 0 spiro atoms. The molecule has 3 rings (SSSR count). The monoisotopic (exact) mass is 443 g/mol. The second kappa shape index (κ2) is 10.6. The fraction of sp³-hybridized carbons (Fsp3) is 0.348. The zero-order valence-corrected chi connectivity index (χ0v) is 18.8. The van der Waals surface area contributed by atoms with E-state index in [-0.39, 0.29) is 10.8 Å². The number of nitrogens with zero attached hydrogens (tertiary/aromatic N) is 2. The van der Waals surface area contributed by atoms with E-state index in [0.29, 0.717) is 45.1 Å². The Bertz CT molecular complexity index is 1010. The predicted octanol–water partition coefficient (Wildman–Crippen LogP) is 3.21. The second-order valence-electron chi connectivity index (χ2n) is 7.10. The molecule has 0 aliphatic carbocycles. The predicted molar refractivity (Wildman–Crippen MR) is 124 cm³/mol. The van der Waals surface area contributed by atoms with Crippen LogP contribution in [0, 0.1) is 0 Å². The summed E-state index contributed by atoms with van der Waals surface area (Å²) in [6, 6.07) is 14.4. The van der Waals surface area contributed by atoms with Crippen molar-refractivity contribution in [1.82, 2.24) is 4.31 Å². The molecule has 1 fully saturated rings. The summed E-state index contributed by atoms with van der Waals surface area (Å²) in [7, 11) is -3.64. The van der Waals surface area contributed by atoms with E-state index in [4.69, 9.17) is 4.74 Å². The summed E-state index contributed by atoms with van der Waals surface area (Å²) in [6.07, 6.45) is 3.17. The third-order valence-electron chi connectivity index (χ3n) is 5.15. The lowest BCUT2D eigenvalue weighted by molar-refractivity contribution is -0.111. The van der Waals surface area contributed by atoms with Gasteiger partial charge in [0.1, 0.15) is 0 Å². The molecule has 0 bridgehead atoms. The smallest absolute Gasteiger partial charge is 0.248 e. The summed E-state index contributed by atoms with van der Waals surface area (Å²) in [4.78, 5) is 14.9. The standard InChI is InChI=1S/C23H29N3O4S/c1-3-26(4-2)31(28,29)20-11-12-22(25-14-16-30-17-15-25)21(18-20)24-23(27)13-10-19-8-6-5-7-9-19/h5-13,18H,3-4,14-17H2,1-2H3,(H,24,27)/b13-10+. The molecule has 1 saturated heterocycles. The molecule has 0 unspecified atom stereocenters. The topological polar surface area (TPSA) is 79.0 Å². The van der Waals surface area contributed by atoms with Crippen molar-refractivity contribution in [3.05, 3.63) is 60.2 Å². The first-order chi connectivity index (χ1) is 15.0. The molecule has 1 N–H and O–H groups in total. The van der Waals surface area contributed by atoms with Crippen LogP contribution < -0.4 is 10.2 Å². The minimum atomic E-state index is -3.64. The lowest BCUT2D eigenvalue weighted by Gasteiger charge is -2.31. The second-order valence-corrected chi connectivity index (χ2v) is 9.04. The van der Waals surface area contributed by atoms with Gasteiger partial charge in [0.05, 0.1) is 29.5 Å². The van der Waals surface area contributed by atoms with Gasteiger partial charge in [0.15, 0.2) is 0 Å². The Morgan fingerprint density at radius 1 is 1.10 bits per heavy atom. The molecule has 0 atom stereocenters. The van der Waals surface area contributed by atoms with Gasteiger partial charge in [-0.15, -0.1) is 0 Å². The first kappa shape index (κ1) is 23.0. The van der Waals surface area contributed by atoms with E-state index >= 15 is 0 Å². The van der Waals surface area contributed by atoms with E-state index in [9.17, 15) is 13.2 Å². The van der Waals surface area contributed by atoms with Crippen molar-refractivity contribution in [3.63, 3.8) is 0 Å². The highest BCUT2D eigenvalue weighted by molar-refractivity contribution is 7.89. The van der Waals surface area contributed by atoms with E-state index in [1.807, 2.05) is 30.3 Å². The largest absolute Gasteiger partial charge is 0.378 e. The number of benzene rings is 2. The summed E-state index contributed by atoms with van der Waals surface area (Å²) in [6.45, 7) is 6.88. The van der Waals surface area contributed by atoms with Gasteiger partial charge < -0.3 is 15.0 Å². The van der Waals surface area contributed by atoms with E-state index in [1.54, 1.807) is 38.1 Å². The van der Waals surface area contributed by atoms with Crippen molar-refractivity contribution in [2.75, 3.05) is 49.6 Å². The van der Waals surface area contributed by atoms with Gasteiger partial charge in [0.25, 0.3) is 0 Å². The Morgan fingerprint density at radius 2 is 1.77 bits per heavy atom. The summed E-state index contributed by atoms with van der Waals surface area (Å²) in [5, 5.41) is 2.87. The number of rotatable bonds is 8. The van der Waals surface area contributed by atoms with Gasteiger partial charge in [0.2, 0.25) is 15.9 Å². The summed E-state index contributed by atoms with van der Waals surface area (Å²) >= 11 is 0. The Labute approximate surface area is 184 Å². The SMILES string of the molecule is CCN(CC)S(=O)(=O)c1ccc(N2CCOCC2)c(NC(=O)/C=C/c2ccccc2)c1. The van der Waals surface area contributed by atoms with Crippen molar-refractivity contribution in [3.8, 4) is 0 Å². The van der Waals surface area contributed by atoms with Crippen LogP contribution in [0.25, 0.3) is 6.08 Å². The number of ether oxygens (including phenoxy) is 1. The van der Waals surface area contributed by atoms with E-state index < -0.39 is 10.0 Å². The molecular weight excluding hydrogens is 414 g/mol. The number of nitrogens with one attached hydrogen (secondary N) is 1. The molecule has 1 amide bonds. The van der Waals surface area contributed by atoms with Crippen LogP contribution in [0.2, 0.25) is 0 Å². The third-order valence-corrected chi connectivity index (χ3v) is 7.19. The molecule has 0 aromatic heterocycles. The minimum absolute atomic E-state index is 0.163. The van der Waals surface area contributed by atoms with Crippen molar-refractivity contribution in [2.45, 2.75) is 18.7 Å². The molecule has 2 aromatic carbocycles. The van der Waals surface area contributed by atoms with Gasteiger partial charge in [-0.2, -0.15) is 4.31 Å². The number of carbonyl (C=O) groups is 1. The highest BCUT2D eigenvalue weighted by Crippen LogP contribution is 2.31. The van der Waals surface area contributed by atoms with Crippen LogP contribution in [0.15, 0.2) is 59.5 Å². The van der Waals surface area contributed by atoms with E-state index in [1.165, 1.54) is 10.4 Å². The van der Waals surface area contributed by atoms with Crippen LogP contribution in [-0.2, 0) is 19.6 Å². The molecule has 1 aliphatic heterocycles. The first-order valence-electron chi connectivity index (χ1n) is 10.5. The van der Waals surface area contributed by atoms with Gasteiger partial charge in [-0.1, -0.05) is 44.2 Å². The van der Waals surface area contributed by atoms with Crippen LogP contribution in [-0.4, -0.2) is 58.0 Å². The van der Waals surface area contributed by atoms with E-state index in [2.05, 4.69) is 10.2 Å². The Morgan fingerprint density at radius 3 is 2.42 bits per heavy atom. The van der Waals surface area contributed by atoms with E-state index in [0.717, 1.165) is 11.3 Å². The number of hydrogen-bond acceptors (Lipinski definition) is 5. The van der Waals surface area contributed by atoms with Crippen LogP contribution >= 0.6 is 0 Å². The average Bonchev–Trinajstić information content (AvgIpc) is 2.79. The number of sulfonamides is 1. The van der Waals surface area contributed by atoms with Crippen LogP contribution in [0.5, 0.6) is 0 Å². The van der Waals surface area contributed by atoms with Crippen molar-refractivity contribution < 1.29 is 17.9 Å². The summed E-state index contributed by atoms with van der Waals surface area (Å²) in [5.74, 6) is -0.323. The van der Waals surface area contributed by atoms with Gasteiger partial charge in [0, 0.05) is 32.3 Å². The highest BCUT2D eigenvalue weighted by atomic mass is 32.2. The molecule has 7 nitrogen and oxygen atoms in total. The lowest BCUT2D eigenvalue weighted by atomic mass is 10.2. The summed E-state index contributed by atoms with van der Waals surface area (Å²) in [5.41, 5.74) is 2.16. The van der Waals surface area contributed by atoms with Crippen molar-refractivity contribution in [1.29, 1.82) is 0 Å². The fourth-order valence-electron chi connectivity index (χ4n) is 3.48. The molecule has 0 radical (unpaired) electrons. The quantitative estimate of drug-likeness (QED) is 0.634. The highest BCUT2D eigenvalue weighted by Gasteiger charge is 2.24. The first-order valence-corrected chi connectivity index (χ1v) is 11.9. The number of hydrogen-bond donors (Lipinski definition) is 1. The van der Waals surface area contributed by atoms with Gasteiger partial charge in [-0.05, 0) is 29.8 Å². The number of amides is 1. The van der Waals surface area contributed by atoms with Gasteiger partial charge >= 0.3 is 0 Å². The minimum Gasteiger partial charge on any atom is -0.378 e. The maximum absolute atomic E-state index is 13.0. The zero-order chi connectivity index (χ0) is 22.3. The van der Waals surface area contributed by atoms with Crippen LogP contribution in [0.3, 0.4) is 0 Å². The lowest BCUT2D eigenvalue weighted by Crippen LogP contribution is -2.37. The Hall–Kier alpha value is -2.68. The van der Waals surface area contributed by atoms with Crippen molar-refractivity contribution in [2.24, 2.45) is 0 Å². The third kappa shape index (κ3) is 5.72. The average molecular weight is 444 g/mol. The Kier molecular flexibility index (Phi) is 7.84. The number of carbonyl (C=O) groups excluding carboxylic acids is 1. The molecular formula is C23H29N3O4S. The number of anilines is 2. The number of morpholine rings is 1. The zero-order valence-electron chi connectivity index (χ0n) is 18.0.